The Bertz CT molecular complexity index is 1130. The van der Waals surface area contributed by atoms with Crippen LogP contribution in [0.1, 0.15) is 27.2 Å². The maximum Gasteiger partial charge on any atom is 0.411 e. The Kier molecular flexibility index (Phi) is 5.96. The Morgan fingerprint density at radius 3 is 2.69 bits per heavy atom. The lowest BCUT2D eigenvalue weighted by Gasteiger charge is -2.27. The van der Waals surface area contributed by atoms with Crippen LogP contribution in [0.4, 0.5) is 4.79 Å². The quantitative estimate of drug-likeness (QED) is 0.548. The number of likely N-dealkylation sites (tertiary alicyclic amines) is 1. The fraction of sp³-hybridized carbons (Fsp3) is 0.409. The van der Waals surface area contributed by atoms with Crippen LogP contribution in [-0.2, 0) is 14.3 Å². The molecule has 1 aliphatic rings. The van der Waals surface area contributed by atoms with Crippen LogP contribution in [0, 0.1) is 0 Å². The van der Waals surface area contributed by atoms with Crippen LogP contribution in [0.25, 0.3) is 21.7 Å². The minimum Gasteiger partial charge on any atom is -0.471 e. The lowest BCUT2D eigenvalue weighted by atomic mass is 10.2. The van der Waals surface area contributed by atoms with E-state index in [4.69, 9.17) is 14.2 Å². The molecule has 1 aliphatic heterocycles. The Labute approximate surface area is 189 Å². The van der Waals surface area contributed by atoms with Crippen molar-refractivity contribution in [1.29, 1.82) is 0 Å². The molecule has 0 N–H and O–H groups in total. The van der Waals surface area contributed by atoms with Gasteiger partial charge in [-0.25, -0.2) is 14.6 Å². The number of aromatic nitrogens is 3. The Hall–Kier alpha value is -3.27. The van der Waals surface area contributed by atoms with Gasteiger partial charge >= 0.3 is 12.1 Å². The molecule has 10 heteroatoms. The summed E-state index contributed by atoms with van der Waals surface area (Å²) in [6.07, 6.45) is 0.885. The first-order chi connectivity index (χ1) is 15.2. The third-order valence-electron chi connectivity index (χ3n) is 4.81. The van der Waals surface area contributed by atoms with Crippen LogP contribution < -0.4 is 4.74 Å². The normalized spacial score (nSPS) is 18.6. The van der Waals surface area contributed by atoms with Crippen LogP contribution in [0.2, 0.25) is 0 Å². The van der Waals surface area contributed by atoms with Gasteiger partial charge in [0.2, 0.25) is 5.88 Å². The fourth-order valence-corrected chi connectivity index (χ4v) is 4.21. The first kappa shape index (κ1) is 21.9. The van der Waals surface area contributed by atoms with Crippen LogP contribution in [-0.4, -0.2) is 63.3 Å². The van der Waals surface area contributed by atoms with E-state index in [1.165, 1.54) is 23.3 Å². The molecule has 0 bridgehead atoms. The van der Waals surface area contributed by atoms with Gasteiger partial charge in [-0.2, -0.15) is 4.98 Å². The van der Waals surface area contributed by atoms with Gasteiger partial charge in [0.1, 0.15) is 28.1 Å². The van der Waals surface area contributed by atoms with Gasteiger partial charge < -0.3 is 14.2 Å². The molecule has 1 fully saturated rings. The summed E-state index contributed by atoms with van der Waals surface area (Å²) in [5, 5.41) is 1.91. The Morgan fingerprint density at radius 1 is 1.19 bits per heavy atom. The molecule has 1 amide bonds. The Morgan fingerprint density at radius 2 is 2.00 bits per heavy atom. The highest BCUT2D eigenvalue weighted by atomic mass is 32.1. The van der Waals surface area contributed by atoms with Crippen molar-refractivity contribution in [2.75, 3.05) is 13.7 Å². The highest BCUT2D eigenvalue weighted by molar-refractivity contribution is 7.17. The summed E-state index contributed by atoms with van der Waals surface area (Å²) in [4.78, 5) is 39.9. The molecule has 2 unspecified atom stereocenters. The number of rotatable bonds is 4. The summed E-state index contributed by atoms with van der Waals surface area (Å²) in [6.45, 7) is 5.49. The van der Waals surface area contributed by atoms with Crippen molar-refractivity contribution >= 4 is 33.6 Å². The van der Waals surface area contributed by atoms with Gasteiger partial charge in [-0.3, -0.25) is 9.88 Å². The van der Waals surface area contributed by atoms with Gasteiger partial charge in [0.15, 0.2) is 5.82 Å². The van der Waals surface area contributed by atoms with Crippen molar-refractivity contribution in [2.45, 2.75) is 44.9 Å². The smallest absolute Gasteiger partial charge is 0.411 e. The molecule has 4 rings (SSSR count). The molecular weight excluding hydrogens is 432 g/mol. The molecule has 1 saturated heterocycles. The lowest BCUT2D eigenvalue weighted by molar-refractivity contribution is -0.145. The average molecular weight is 457 g/mol. The van der Waals surface area contributed by atoms with E-state index in [0.717, 1.165) is 10.2 Å². The molecule has 2 atom stereocenters. The summed E-state index contributed by atoms with van der Waals surface area (Å²) < 4.78 is 17.4. The number of fused-ring (bicyclic) bond motifs is 1. The number of carbonyl (C=O) groups excluding carboxylic acids is 2. The zero-order valence-electron chi connectivity index (χ0n) is 18.3. The Balaban J connectivity index is 1.62. The lowest BCUT2D eigenvalue weighted by Crippen LogP contribution is -2.44. The minimum absolute atomic E-state index is 0.171. The molecule has 9 nitrogen and oxygen atoms in total. The van der Waals surface area contributed by atoms with Crippen molar-refractivity contribution < 1.29 is 23.8 Å². The van der Waals surface area contributed by atoms with E-state index in [1.54, 1.807) is 27.0 Å². The maximum atomic E-state index is 12.7. The van der Waals surface area contributed by atoms with Crippen molar-refractivity contribution in [1.82, 2.24) is 19.9 Å². The zero-order valence-corrected chi connectivity index (χ0v) is 19.1. The van der Waals surface area contributed by atoms with E-state index in [2.05, 4.69) is 15.0 Å². The molecular formula is C22H24N4O5S. The number of amides is 1. The summed E-state index contributed by atoms with van der Waals surface area (Å²) in [5.41, 5.74) is 0.677. The predicted octanol–water partition coefficient (Wildman–Crippen LogP) is 3.68. The van der Waals surface area contributed by atoms with Crippen molar-refractivity contribution in [3.05, 3.63) is 35.8 Å². The molecule has 0 radical (unpaired) electrons. The minimum atomic E-state index is -0.796. The second-order valence-corrected chi connectivity index (χ2v) is 9.27. The average Bonchev–Trinajstić information content (AvgIpc) is 3.40. The van der Waals surface area contributed by atoms with Crippen LogP contribution in [0.5, 0.6) is 5.88 Å². The van der Waals surface area contributed by atoms with E-state index in [1.807, 2.05) is 29.6 Å². The van der Waals surface area contributed by atoms with E-state index in [-0.39, 0.29) is 13.0 Å². The SMILES string of the molecule is COC(=O)C1CC(Oc2nc(-c3ccccn3)nc3ccsc23)CN1C(=O)OC(C)(C)C. The molecule has 3 aromatic heterocycles. The van der Waals surface area contributed by atoms with Crippen molar-refractivity contribution in [3.8, 4) is 17.4 Å². The molecule has 32 heavy (non-hydrogen) atoms. The molecule has 4 heterocycles. The first-order valence-corrected chi connectivity index (χ1v) is 11.0. The summed E-state index contributed by atoms with van der Waals surface area (Å²) in [6, 6.07) is 6.60. The fourth-order valence-electron chi connectivity index (χ4n) is 3.45. The van der Waals surface area contributed by atoms with Gasteiger partial charge in [-0.1, -0.05) is 6.07 Å². The zero-order chi connectivity index (χ0) is 22.9. The van der Waals surface area contributed by atoms with Gasteiger partial charge in [-0.15, -0.1) is 11.3 Å². The largest absolute Gasteiger partial charge is 0.471 e. The van der Waals surface area contributed by atoms with Gasteiger partial charge in [0.05, 0.1) is 19.2 Å². The van der Waals surface area contributed by atoms with E-state index >= 15 is 0 Å². The highest BCUT2D eigenvalue weighted by Crippen LogP contribution is 2.33. The standard InChI is InChI=1S/C22H24N4O5S/c1-22(2,3)31-21(28)26-12-13(11-16(26)20(27)29-4)30-19-17-14(8-10-32-17)24-18(25-19)15-7-5-6-9-23-15/h5-10,13,16H,11-12H2,1-4H3. The van der Waals surface area contributed by atoms with Gasteiger partial charge in [-0.05, 0) is 44.4 Å². The van der Waals surface area contributed by atoms with Gasteiger partial charge in [0.25, 0.3) is 0 Å². The summed E-state index contributed by atoms with van der Waals surface area (Å²) >= 11 is 1.46. The highest BCUT2D eigenvalue weighted by Gasteiger charge is 2.43. The number of thiophene rings is 1. The van der Waals surface area contributed by atoms with E-state index in [9.17, 15) is 9.59 Å². The number of pyridine rings is 1. The van der Waals surface area contributed by atoms with Crippen molar-refractivity contribution in [2.24, 2.45) is 0 Å². The molecule has 168 valence electrons. The molecule has 0 aliphatic carbocycles. The van der Waals surface area contributed by atoms with Crippen molar-refractivity contribution in [3.63, 3.8) is 0 Å². The van der Waals surface area contributed by atoms with Crippen LogP contribution >= 0.6 is 11.3 Å². The first-order valence-electron chi connectivity index (χ1n) is 10.2. The number of hydrogen-bond acceptors (Lipinski definition) is 9. The number of methoxy groups -OCH3 is 1. The summed E-state index contributed by atoms with van der Waals surface area (Å²) in [5.74, 6) is 0.323. The number of hydrogen-bond donors (Lipinski definition) is 0. The maximum absolute atomic E-state index is 12.7. The van der Waals surface area contributed by atoms with Gasteiger partial charge in [0, 0.05) is 12.6 Å². The third kappa shape index (κ3) is 4.64. The second kappa shape index (κ2) is 8.70. The molecule has 0 spiro atoms. The second-order valence-electron chi connectivity index (χ2n) is 8.35. The molecule has 0 saturated carbocycles. The van der Waals surface area contributed by atoms with Crippen LogP contribution in [0.3, 0.4) is 0 Å². The predicted molar refractivity (Wildman–Crippen MR) is 118 cm³/mol. The topological polar surface area (TPSA) is 104 Å². The summed E-state index contributed by atoms with van der Waals surface area (Å²) in [7, 11) is 1.29. The molecule has 3 aromatic rings. The van der Waals surface area contributed by atoms with E-state index < -0.39 is 29.8 Å². The monoisotopic (exact) mass is 456 g/mol. The third-order valence-corrected chi connectivity index (χ3v) is 5.70. The number of carbonyl (C=O) groups is 2. The molecule has 0 aromatic carbocycles. The number of ether oxygens (including phenoxy) is 3. The number of nitrogens with zero attached hydrogens (tertiary/aromatic N) is 4. The van der Waals surface area contributed by atoms with E-state index in [0.29, 0.717) is 17.4 Å². The van der Waals surface area contributed by atoms with Crippen LogP contribution in [0.15, 0.2) is 35.8 Å². The number of esters is 1.